The van der Waals surface area contributed by atoms with Gasteiger partial charge >= 0.3 is 0 Å². The molecule has 0 aliphatic heterocycles. The van der Waals surface area contributed by atoms with E-state index in [2.05, 4.69) is 10.3 Å². The van der Waals surface area contributed by atoms with E-state index in [0.29, 0.717) is 17.6 Å². The number of β-amino-alcohol motifs (C(OH)–C–C–N with tert-alkyl or cyclic N) is 1. The molecule has 0 aliphatic carbocycles. The quantitative estimate of drug-likeness (QED) is 0.813. The van der Waals surface area contributed by atoms with Gasteiger partial charge in [-0.3, -0.25) is 4.98 Å². The van der Waals surface area contributed by atoms with Gasteiger partial charge in [0, 0.05) is 22.9 Å². The van der Waals surface area contributed by atoms with E-state index < -0.39 is 6.10 Å². The molecule has 4 nitrogen and oxygen atoms in total. The van der Waals surface area contributed by atoms with Gasteiger partial charge in [-0.15, -0.1) is 0 Å². The molecule has 0 spiro atoms. The summed E-state index contributed by atoms with van der Waals surface area (Å²) in [5.74, 6) is 0.135. The zero-order chi connectivity index (χ0) is 14.0. The normalized spacial score (nSPS) is 13.0. The number of aromatic hydroxyl groups is 1. The predicted octanol–water partition coefficient (Wildman–Crippen LogP) is 2.47. The largest absolute Gasteiger partial charge is 0.506 e. The molecule has 2 aromatic rings. The molecule has 0 saturated carbocycles. The number of benzene rings is 1. The Labute approximate surface area is 126 Å². The SMILES string of the molecule is CC(C)(C)NC[C@H](O)c1ncc(O)c2ccccc12.S. The summed E-state index contributed by atoms with van der Waals surface area (Å²) in [4.78, 5) is 4.17. The van der Waals surface area contributed by atoms with Crippen LogP contribution in [-0.4, -0.2) is 27.3 Å². The maximum Gasteiger partial charge on any atom is 0.141 e. The molecule has 2 rings (SSSR count). The fraction of sp³-hybridized carbons (Fsp3) is 0.400. The van der Waals surface area contributed by atoms with E-state index in [4.69, 9.17) is 0 Å². The van der Waals surface area contributed by atoms with E-state index in [-0.39, 0.29) is 24.8 Å². The highest BCUT2D eigenvalue weighted by Crippen LogP contribution is 2.28. The van der Waals surface area contributed by atoms with Crippen LogP contribution >= 0.6 is 13.5 Å². The minimum Gasteiger partial charge on any atom is -0.506 e. The van der Waals surface area contributed by atoms with Gasteiger partial charge in [0.2, 0.25) is 0 Å². The van der Waals surface area contributed by atoms with E-state index in [1.807, 2.05) is 45.0 Å². The van der Waals surface area contributed by atoms with Crippen molar-refractivity contribution in [2.24, 2.45) is 0 Å². The zero-order valence-electron chi connectivity index (χ0n) is 12.0. The minimum absolute atomic E-state index is 0. The molecule has 0 unspecified atom stereocenters. The summed E-state index contributed by atoms with van der Waals surface area (Å²) in [6.07, 6.45) is 0.683. The summed E-state index contributed by atoms with van der Waals surface area (Å²) >= 11 is 0. The third-order valence-electron chi connectivity index (χ3n) is 2.95. The highest BCUT2D eigenvalue weighted by atomic mass is 32.1. The summed E-state index contributed by atoms with van der Waals surface area (Å²) in [6, 6.07) is 7.40. The molecule has 0 aliphatic rings. The van der Waals surface area contributed by atoms with E-state index in [1.165, 1.54) is 6.20 Å². The summed E-state index contributed by atoms with van der Waals surface area (Å²) < 4.78 is 0. The van der Waals surface area contributed by atoms with Gasteiger partial charge < -0.3 is 15.5 Å². The average Bonchev–Trinajstić information content (AvgIpc) is 2.36. The van der Waals surface area contributed by atoms with Crippen LogP contribution in [0.1, 0.15) is 32.6 Å². The van der Waals surface area contributed by atoms with E-state index in [0.717, 1.165) is 5.39 Å². The summed E-state index contributed by atoms with van der Waals surface area (Å²) in [5.41, 5.74) is 0.526. The van der Waals surface area contributed by atoms with Gasteiger partial charge in [-0.2, -0.15) is 13.5 Å². The molecule has 0 saturated heterocycles. The smallest absolute Gasteiger partial charge is 0.141 e. The lowest BCUT2D eigenvalue weighted by atomic mass is 10.0. The summed E-state index contributed by atoms with van der Waals surface area (Å²) in [6.45, 7) is 6.55. The monoisotopic (exact) mass is 294 g/mol. The van der Waals surface area contributed by atoms with Gasteiger partial charge in [0.1, 0.15) is 11.9 Å². The molecular weight excluding hydrogens is 272 g/mol. The van der Waals surface area contributed by atoms with Crippen molar-refractivity contribution in [2.75, 3.05) is 6.54 Å². The maximum absolute atomic E-state index is 10.3. The molecule has 0 radical (unpaired) electrons. The predicted molar refractivity (Wildman–Crippen MR) is 86.5 cm³/mol. The fourth-order valence-corrected chi connectivity index (χ4v) is 1.96. The highest BCUT2D eigenvalue weighted by molar-refractivity contribution is 7.59. The Kier molecular flexibility index (Phi) is 5.39. The summed E-state index contributed by atoms with van der Waals surface area (Å²) in [5, 5.41) is 24.8. The van der Waals surface area contributed by atoms with E-state index >= 15 is 0 Å². The minimum atomic E-state index is -0.704. The lowest BCUT2D eigenvalue weighted by molar-refractivity contribution is 0.160. The lowest BCUT2D eigenvalue weighted by Gasteiger charge is -2.23. The number of fused-ring (bicyclic) bond motifs is 1. The van der Waals surface area contributed by atoms with Crippen LogP contribution in [0.5, 0.6) is 5.75 Å². The van der Waals surface area contributed by atoms with Gasteiger partial charge in [0.05, 0.1) is 11.9 Å². The number of hydrogen-bond acceptors (Lipinski definition) is 4. The van der Waals surface area contributed by atoms with Crippen LogP contribution in [0.4, 0.5) is 0 Å². The molecule has 0 fully saturated rings. The van der Waals surface area contributed by atoms with Gasteiger partial charge in [-0.1, -0.05) is 24.3 Å². The van der Waals surface area contributed by atoms with Crippen LogP contribution in [-0.2, 0) is 0 Å². The molecular formula is C15H22N2O2S. The Morgan fingerprint density at radius 3 is 2.40 bits per heavy atom. The van der Waals surface area contributed by atoms with Crippen molar-refractivity contribution in [1.82, 2.24) is 10.3 Å². The van der Waals surface area contributed by atoms with Crippen molar-refractivity contribution in [2.45, 2.75) is 32.4 Å². The van der Waals surface area contributed by atoms with Crippen LogP contribution in [0, 0.1) is 0 Å². The molecule has 0 bridgehead atoms. The van der Waals surface area contributed by atoms with Crippen molar-refractivity contribution in [3.63, 3.8) is 0 Å². The van der Waals surface area contributed by atoms with Crippen molar-refractivity contribution < 1.29 is 10.2 Å². The van der Waals surface area contributed by atoms with E-state index in [1.54, 1.807) is 0 Å². The molecule has 0 amide bonds. The Morgan fingerprint density at radius 2 is 1.80 bits per heavy atom. The Hall–Kier alpha value is -1.30. The standard InChI is InChI=1S/C15H20N2O2.H2S/c1-15(2,3)17-9-13(19)14-11-7-5-4-6-10(11)12(18)8-16-14;/h4-8,13,17-19H,9H2,1-3H3;1H2/t13-;/m0./s1. The van der Waals surface area contributed by atoms with Gasteiger partial charge in [-0.25, -0.2) is 0 Å². The lowest BCUT2D eigenvalue weighted by Crippen LogP contribution is -2.38. The molecule has 1 aromatic heterocycles. The number of pyridine rings is 1. The molecule has 1 aromatic carbocycles. The first kappa shape index (κ1) is 16.8. The van der Waals surface area contributed by atoms with Crippen LogP contribution < -0.4 is 5.32 Å². The number of aliphatic hydroxyl groups excluding tert-OH is 1. The average molecular weight is 294 g/mol. The zero-order valence-corrected chi connectivity index (χ0v) is 13.0. The second kappa shape index (κ2) is 6.43. The van der Waals surface area contributed by atoms with Crippen LogP contribution in [0.15, 0.2) is 30.5 Å². The fourth-order valence-electron chi connectivity index (χ4n) is 1.96. The third-order valence-corrected chi connectivity index (χ3v) is 2.95. The van der Waals surface area contributed by atoms with Crippen molar-refractivity contribution in [1.29, 1.82) is 0 Å². The van der Waals surface area contributed by atoms with Crippen LogP contribution in [0.3, 0.4) is 0 Å². The number of aromatic nitrogens is 1. The van der Waals surface area contributed by atoms with Gasteiger partial charge in [-0.05, 0) is 20.8 Å². The first-order valence-electron chi connectivity index (χ1n) is 6.38. The van der Waals surface area contributed by atoms with Gasteiger partial charge in [0.15, 0.2) is 0 Å². The van der Waals surface area contributed by atoms with Crippen LogP contribution in [0.25, 0.3) is 10.8 Å². The highest BCUT2D eigenvalue weighted by Gasteiger charge is 2.17. The Morgan fingerprint density at radius 1 is 1.20 bits per heavy atom. The second-order valence-electron chi connectivity index (χ2n) is 5.72. The number of nitrogens with zero attached hydrogens (tertiary/aromatic N) is 1. The van der Waals surface area contributed by atoms with Crippen molar-refractivity contribution in [3.8, 4) is 5.75 Å². The molecule has 5 heteroatoms. The second-order valence-corrected chi connectivity index (χ2v) is 5.72. The van der Waals surface area contributed by atoms with Crippen molar-refractivity contribution >= 4 is 24.3 Å². The van der Waals surface area contributed by atoms with Crippen LogP contribution in [0.2, 0.25) is 0 Å². The molecule has 1 atom stereocenters. The first-order chi connectivity index (χ1) is 8.88. The Balaban J connectivity index is 0.00000200. The Bertz CT molecular complexity index is 582. The van der Waals surface area contributed by atoms with Crippen molar-refractivity contribution in [3.05, 3.63) is 36.2 Å². The first-order valence-corrected chi connectivity index (χ1v) is 6.38. The number of aliphatic hydroxyl groups is 1. The molecule has 20 heavy (non-hydrogen) atoms. The number of hydrogen-bond donors (Lipinski definition) is 3. The molecule has 1 heterocycles. The molecule has 3 N–H and O–H groups in total. The maximum atomic E-state index is 10.3. The number of nitrogens with one attached hydrogen (secondary N) is 1. The molecule has 110 valence electrons. The number of rotatable bonds is 3. The van der Waals surface area contributed by atoms with E-state index in [9.17, 15) is 10.2 Å². The third kappa shape index (κ3) is 3.85. The topological polar surface area (TPSA) is 65.4 Å². The summed E-state index contributed by atoms with van der Waals surface area (Å²) in [7, 11) is 0. The van der Waals surface area contributed by atoms with Gasteiger partial charge in [0.25, 0.3) is 0 Å².